The highest BCUT2D eigenvalue weighted by atomic mass is 35.5. The molecule has 7 nitrogen and oxygen atoms in total. The molecule has 0 aliphatic rings. The number of carbonyl (C=O) groups excluding carboxylic acids is 1. The summed E-state index contributed by atoms with van der Waals surface area (Å²) < 4.78 is 45.5. The molecule has 0 aliphatic heterocycles. The standard InChI is InChI=1S/C15H14Cl2F3N3O3.C3H9N/c1-3-26-13(24)10(17)4-8-5-12(11(18)6-9(8)16)23-15(25)22(14(19)20)7(2)21-23;1-3(2)4/h5-6,10,14H,3-4H2,1-2H3;3H,4H2,1-2H3. The number of rotatable bonds is 6. The van der Waals surface area contributed by atoms with E-state index < -0.39 is 29.4 Å². The molecule has 1 aromatic carbocycles. The lowest BCUT2D eigenvalue weighted by molar-refractivity contribution is -0.142. The molecule has 0 amide bonds. The minimum absolute atomic E-state index is 0.0424. The molecule has 2 rings (SSSR count). The zero-order chi connectivity index (χ0) is 23.2. The van der Waals surface area contributed by atoms with Crippen LogP contribution >= 0.6 is 23.2 Å². The lowest BCUT2D eigenvalue weighted by Crippen LogP contribution is -2.25. The number of hydrogen-bond acceptors (Lipinski definition) is 5. The Bertz CT molecular complexity index is 929. The summed E-state index contributed by atoms with van der Waals surface area (Å²) in [7, 11) is 0. The zero-order valence-corrected chi connectivity index (χ0v) is 18.3. The molecule has 0 spiro atoms. The molecule has 1 heterocycles. The number of esters is 1. The molecule has 1 atom stereocenters. The van der Waals surface area contributed by atoms with Crippen LogP contribution in [0.2, 0.25) is 5.02 Å². The highest BCUT2D eigenvalue weighted by Crippen LogP contribution is 2.25. The summed E-state index contributed by atoms with van der Waals surface area (Å²) in [6.07, 6.45) is -0.115. The van der Waals surface area contributed by atoms with Gasteiger partial charge in [0.25, 0.3) is 0 Å². The van der Waals surface area contributed by atoms with Crippen LogP contribution in [0, 0.1) is 12.7 Å². The van der Waals surface area contributed by atoms with Crippen molar-refractivity contribution in [2.75, 3.05) is 6.61 Å². The van der Waals surface area contributed by atoms with Gasteiger partial charge < -0.3 is 10.5 Å². The molecule has 12 heteroatoms. The van der Waals surface area contributed by atoms with Crippen LogP contribution in [-0.4, -0.2) is 38.3 Å². The van der Waals surface area contributed by atoms with Crippen LogP contribution in [0.1, 0.15) is 38.7 Å². The van der Waals surface area contributed by atoms with Crippen molar-refractivity contribution in [3.05, 3.63) is 44.8 Å². The third-order valence-electron chi connectivity index (χ3n) is 3.46. The van der Waals surface area contributed by atoms with Crippen molar-refractivity contribution in [2.45, 2.75) is 52.1 Å². The average Bonchev–Trinajstić information content (AvgIpc) is 2.91. The number of ether oxygens (including phenoxy) is 1. The minimum atomic E-state index is -3.12. The number of benzene rings is 1. The van der Waals surface area contributed by atoms with Crippen LogP contribution in [-0.2, 0) is 16.0 Å². The molecule has 1 unspecified atom stereocenters. The minimum Gasteiger partial charge on any atom is -0.465 e. The number of nitrogens with zero attached hydrogens (tertiary/aromatic N) is 3. The van der Waals surface area contributed by atoms with Crippen molar-refractivity contribution >= 4 is 29.2 Å². The van der Waals surface area contributed by atoms with Crippen molar-refractivity contribution in [2.24, 2.45) is 5.73 Å². The summed E-state index contributed by atoms with van der Waals surface area (Å²) in [6, 6.07) is 2.36. The lowest BCUT2D eigenvalue weighted by Gasteiger charge is -2.12. The Balaban J connectivity index is 0.00000103. The summed E-state index contributed by atoms with van der Waals surface area (Å²) in [5.74, 6) is -1.92. The van der Waals surface area contributed by atoms with Crippen molar-refractivity contribution in [1.29, 1.82) is 0 Å². The van der Waals surface area contributed by atoms with E-state index >= 15 is 0 Å². The maximum atomic E-state index is 14.2. The second-order valence-electron chi connectivity index (χ2n) is 6.45. The molecule has 0 fully saturated rings. The Morgan fingerprint density at radius 1 is 1.33 bits per heavy atom. The smallest absolute Gasteiger partial charge is 0.355 e. The van der Waals surface area contributed by atoms with Gasteiger partial charge in [-0.25, -0.2) is 13.8 Å². The monoisotopic (exact) mass is 470 g/mol. The summed E-state index contributed by atoms with van der Waals surface area (Å²) in [5.41, 5.74) is 3.74. The Morgan fingerprint density at radius 2 is 1.90 bits per heavy atom. The second-order valence-corrected chi connectivity index (χ2v) is 7.39. The quantitative estimate of drug-likeness (QED) is 0.514. The van der Waals surface area contributed by atoms with Crippen LogP contribution in [0.3, 0.4) is 0 Å². The first-order chi connectivity index (χ1) is 13.9. The molecule has 2 N–H and O–H groups in total. The predicted octanol–water partition coefficient (Wildman–Crippen LogP) is 3.60. The van der Waals surface area contributed by atoms with Gasteiger partial charge in [0, 0.05) is 11.4 Å². The number of halogens is 5. The van der Waals surface area contributed by atoms with Gasteiger partial charge in [0.15, 0.2) is 5.82 Å². The van der Waals surface area contributed by atoms with E-state index in [4.69, 9.17) is 33.7 Å². The molecule has 1 aromatic heterocycles. The Labute approximate surface area is 181 Å². The molecule has 0 saturated carbocycles. The number of nitrogens with two attached hydrogens (primary N) is 1. The fourth-order valence-corrected chi connectivity index (χ4v) is 2.72. The van der Waals surface area contributed by atoms with Gasteiger partial charge in [-0.1, -0.05) is 25.4 Å². The Hall–Kier alpha value is -2.04. The number of aryl methyl sites for hydroxylation is 1. The van der Waals surface area contributed by atoms with Crippen molar-refractivity contribution in [3.63, 3.8) is 0 Å². The topological polar surface area (TPSA) is 92.1 Å². The fourth-order valence-electron chi connectivity index (χ4n) is 2.27. The molecule has 0 saturated heterocycles. The van der Waals surface area contributed by atoms with E-state index in [1.165, 1.54) is 6.92 Å². The number of aromatic nitrogens is 3. The van der Waals surface area contributed by atoms with Crippen LogP contribution in [0.15, 0.2) is 16.9 Å². The molecule has 0 aliphatic carbocycles. The molecule has 2 aromatic rings. The largest absolute Gasteiger partial charge is 0.465 e. The van der Waals surface area contributed by atoms with E-state index in [0.29, 0.717) is 10.7 Å². The van der Waals surface area contributed by atoms with Crippen molar-refractivity contribution < 1.29 is 22.7 Å². The molecular weight excluding hydrogens is 448 g/mol. The Morgan fingerprint density at radius 3 is 2.37 bits per heavy atom. The first-order valence-corrected chi connectivity index (χ1v) is 9.72. The predicted molar refractivity (Wildman–Crippen MR) is 108 cm³/mol. The zero-order valence-electron chi connectivity index (χ0n) is 16.8. The van der Waals surface area contributed by atoms with E-state index in [0.717, 1.165) is 12.1 Å². The van der Waals surface area contributed by atoms with Gasteiger partial charge >= 0.3 is 18.2 Å². The molecular formula is C18H23Cl2F3N4O3. The van der Waals surface area contributed by atoms with Crippen molar-refractivity contribution in [1.82, 2.24) is 14.3 Å². The summed E-state index contributed by atoms with van der Waals surface area (Å²) in [6.45, 7) is 3.69. The summed E-state index contributed by atoms with van der Waals surface area (Å²) in [5, 5.41) is 2.52. The third kappa shape index (κ3) is 6.75. The molecule has 0 radical (unpaired) electrons. The molecule has 30 heavy (non-hydrogen) atoms. The lowest BCUT2D eigenvalue weighted by atomic mass is 10.1. The van der Waals surface area contributed by atoms with Gasteiger partial charge in [0.05, 0.1) is 6.61 Å². The van der Waals surface area contributed by atoms with Gasteiger partial charge in [-0.2, -0.15) is 13.5 Å². The fraction of sp³-hybridized carbons (Fsp3) is 0.500. The van der Waals surface area contributed by atoms with Crippen LogP contribution in [0.25, 0.3) is 5.69 Å². The van der Waals surface area contributed by atoms with Gasteiger partial charge in [-0.05, 0) is 37.6 Å². The van der Waals surface area contributed by atoms with Crippen LogP contribution in [0.4, 0.5) is 13.2 Å². The van der Waals surface area contributed by atoms with Crippen molar-refractivity contribution in [3.8, 4) is 5.69 Å². The Kier molecular flexibility index (Phi) is 9.86. The van der Waals surface area contributed by atoms with Crippen LogP contribution < -0.4 is 11.4 Å². The summed E-state index contributed by atoms with van der Waals surface area (Å²) in [4.78, 5) is 23.7. The van der Waals surface area contributed by atoms with E-state index in [1.54, 1.807) is 6.92 Å². The highest BCUT2D eigenvalue weighted by molar-refractivity contribution is 6.32. The maximum Gasteiger partial charge on any atom is 0.355 e. The first kappa shape index (κ1) is 26.0. The van der Waals surface area contributed by atoms with E-state index in [2.05, 4.69) is 5.10 Å². The maximum absolute atomic E-state index is 14.2. The third-order valence-corrected chi connectivity index (χ3v) is 4.15. The normalized spacial score (nSPS) is 12.0. The SMILES string of the molecule is CC(C)N.CCOC(=O)C(Cl)Cc1cc(-n2nc(C)n(C(F)F)c2=O)c(F)cc1Cl. The number of carbonyl (C=O) groups is 1. The average molecular weight is 471 g/mol. The molecule has 0 bridgehead atoms. The number of hydrogen-bond donors (Lipinski definition) is 1. The second kappa shape index (κ2) is 11.4. The van der Waals surface area contributed by atoms with E-state index in [-0.39, 0.29) is 39.7 Å². The van der Waals surface area contributed by atoms with E-state index in [1.807, 2.05) is 13.8 Å². The van der Waals surface area contributed by atoms with Gasteiger partial charge in [0.1, 0.15) is 16.9 Å². The van der Waals surface area contributed by atoms with Gasteiger partial charge in [-0.15, -0.1) is 16.7 Å². The van der Waals surface area contributed by atoms with E-state index in [9.17, 15) is 22.8 Å². The number of alkyl halides is 3. The first-order valence-electron chi connectivity index (χ1n) is 8.91. The van der Waals surface area contributed by atoms with Gasteiger partial charge in [0.2, 0.25) is 0 Å². The summed E-state index contributed by atoms with van der Waals surface area (Å²) >= 11 is 11.9. The van der Waals surface area contributed by atoms with Crippen LogP contribution in [0.5, 0.6) is 0 Å². The molecule has 168 valence electrons. The highest BCUT2D eigenvalue weighted by Gasteiger charge is 2.23. The van der Waals surface area contributed by atoms with Gasteiger partial charge in [-0.3, -0.25) is 4.79 Å².